The molecule has 0 bridgehead atoms. The lowest BCUT2D eigenvalue weighted by Gasteiger charge is -2.25. The van der Waals surface area contributed by atoms with Crippen LogP contribution in [0.2, 0.25) is 0 Å². The second kappa shape index (κ2) is 13.1. The second-order valence-corrected chi connectivity index (χ2v) is 7.89. The smallest absolute Gasteiger partial charge is 0.326 e. The highest BCUT2D eigenvalue weighted by Gasteiger charge is 2.31. The fourth-order valence-corrected chi connectivity index (χ4v) is 2.84. The quantitative estimate of drug-likeness (QED) is 0.136. The van der Waals surface area contributed by atoms with E-state index >= 15 is 0 Å². The maximum Gasteiger partial charge on any atom is 0.326 e. The molecule has 4 amide bonds. The number of aliphatic hydroxyl groups is 1. The van der Waals surface area contributed by atoms with Crippen LogP contribution in [-0.2, 0) is 30.4 Å². The van der Waals surface area contributed by atoms with E-state index in [0.717, 1.165) is 0 Å². The van der Waals surface area contributed by atoms with E-state index in [2.05, 4.69) is 25.9 Å². The number of carboxylic acids is 1. The van der Waals surface area contributed by atoms with Gasteiger partial charge in [0, 0.05) is 18.3 Å². The molecule has 0 radical (unpaired) electrons. The van der Waals surface area contributed by atoms with Crippen molar-refractivity contribution in [3.8, 4) is 0 Å². The normalized spacial score (nSPS) is 14.6. The summed E-state index contributed by atoms with van der Waals surface area (Å²) in [6.07, 6.45) is 2.28. The Hall–Kier alpha value is -3.52. The summed E-state index contributed by atoms with van der Waals surface area (Å²) in [4.78, 5) is 67.1. The van der Waals surface area contributed by atoms with Crippen molar-refractivity contribution in [1.82, 2.24) is 25.9 Å². The Morgan fingerprint density at radius 1 is 1.03 bits per heavy atom. The van der Waals surface area contributed by atoms with E-state index in [0.29, 0.717) is 5.69 Å². The lowest BCUT2D eigenvalue weighted by Crippen LogP contribution is -2.58. The van der Waals surface area contributed by atoms with Crippen molar-refractivity contribution in [2.45, 2.75) is 57.3 Å². The van der Waals surface area contributed by atoms with Gasteiger partial charge in [0.1, 0.15) is 24.2 Å². The molecule has 1 aromatic rings. The van der Waals surface area contributed by atoms with Gasteiger partial charge in [0.15, 0.2) is 0 Å². The van der Waals surface area contributed by atoms with Crippen LogP contribution in [0.25, 0.3) is 0 Å². The Balaban J connectivity index is 2.97. The molecule has 0 saturated heterocycles. The molecule has 10 N–H and O–H groups in total. The average molecular weight is 469 g/mol. The fourth-order valence-electron chi connectivity index (χ4n) is 2.84. The highest BCUT2D eigenvalue weighted by Crippen LogP contribution is 2.08. The Kier molecular flexibility index (Phi) is 10.9. The summed E-state index contributed by atoms with van der Waals surface area (Å²) in [5.74, 6) is -4.82. The van der Waals surface area contributed by atoms with Crippen molar-refractivity contribution in [3.05, 3.63) is 18.2 Å². The van der Waals surface area contributed by atoms with Gasteiger partial charge in [0.05, 0.1) is 19.4 Å². The third kappa shape index (κ3) is 9.65. The Morgan fingerprint density at radius 2 is 1.61 bits per heavy atom. The number of carbonyl (C=O) groups excluding carboxylic acids is 4. The van der Waals surface area contributed by atoms with Crippen LogP contribution in [0.3, 0.4) is 0 Å². The molecule has 0 spiro atoms. The van der Waals surface area contributed by atoms with Crippen LogP contribution < -0.4 is 27.4 Å². The number of hydrogen-bond acceptors (Lipinski definition) is 8. The number of aliphatic carboxylic acids is 1. The van der Waals surface area contributed by atoms with Gasteiger partial charge in [-0.2, -0.15) is 0 Å². The number of nitrogens with zero attached hydrogens (tertiary/aromatic N) is 1. The maximum absolute atomic E-state index is 12.8. The molecule has 0 aliphatic rings. The lowest BCUT2D eigenvalue weighted by atomic mass is 10.0. The maximum atomic E-state index is 12.8. The van der Waals surface area contributed by atoms with Crippen molar-refractivity contribution in [1.29, 1.82) is 0 Å². The third-order valence-corrected chi connectivity index (χ3v) is 4.51. The highest BCUT2D eigenvalue weighted by molar-refractivity contribution is 5.96. The van der Waals surface area contributed by atoms with Crippen molar-refractivity contribution < 1.29 is 34.2 Å². The van der Waals surface area contributed by atoms with E-state index < -0.39 is 66.8 Å². The van der Waals surface area contributed by atoms with Gasteiger partial charge in [0.2, 0.25) is 23.6 Å². The number of aromatic nitrogens is 2. The number of H-pyrrole nitrogens is 1. The summed E-state index contributed by atoms with van der Waals surface area (Å²) < 4.78 is 0. The van der Waals surface area contributed by atoms with Crippen LogP contribution in [-0.4, -0.2) is 80.6 Å². The van der Waals surface area contributed by atoms with Crippen LogP contribution in [0, 0.1) is 5.92 Å². The van der Waals surface area contributed by atoms with Gasteiger partial charge >= 0.3 is 5.97 Å². The monoisotopic (exact) mass is 469 g/mol. The van der Waals surface area contributed by atoms with Gasteiger partial charge in [-0.05, 0) is 12.3 Å². The van der Waals surface area contributed by atoms with Gasteiger partial charge < -0.3 is 42.6 Å². The van der Waals surface area contributed by atoms with E-state index in [1.807, 2.05) is 0 Å². The molecule has 0 aliphatic heterocycles. The Bertz CT molecular complexity index is 828. The zero-order valence-electron chi connectivity index (χ0n) is 18.4. The molecule has 1 rings (SSSR count). The van der Waals surface area contributed by atoms with Gasteiger partial charge in [-0.15, -0.1) is 0 Å². The predicted octanol–water partition coefficient (Wildman–Crippen LogP) is -3.27. The van der Waals surface area contributed by atoms with Crippen LogP contribution in [0.15, 0.2) is 12.5 Å². The third-order valence-electron chi connectivity index (χ3n) is 4.51. The Labute approximate surface area is 189 Å². The van der Waals surface area contributed by atoms with Gasteiger partial charge in [0.25, 0.3) is 0 Å². The first kappa shape index (κ1) is 27.5. The van der Waals surface area contributed by atoms with Gasteiger partial charge in [-0.3, -0.25) is 19.2 Å². The molecule has 14 heteroatoms. The standard InChI is InChI=1S/C19H31N7O7/c1-9(2)3-12(17(30)26-14(19(32)33)4-10-6-22-8-23-10)25-18(31)13(5-15(21)28)24-16(29)11(20)7-27/h6,8-9,11-14,27H,3-5,7,20H2,1-2H3,(H2,21,28)(H,22,23)(H,24,29)(H,25,31)(H,26,30)(H,32,33). The molecule has 1 aromatic heterocycles. The topological polar surface area (TPSA) is 243 Å². The van der Waals surface area contributed by atoms with E-state index in [-0.39, 0.29) is 18.8 Å². The number of nitrogens with one attached hydrogen (secondary N) is 4. The van der Waals surface area contributed by atoms with E-state index in [9.17, 15) is 29.1 Å². The van der Waals surface area contributed by atoms with Crippen LogP contribution in [0.5, 0.6) is 0 Å². The van der Waals surface area contributed by atoms with E-state index in [1.54, 1.807) is 13.8 Å². The second-order valence-electron chi connectivity index (χ2n) is 7.89. The molecule has 0 aliphatic carbocycles. The molecule has 4 unspecified atom stereocenters. The average Bonchev–Trinajstić information content (AvgIpc) is 3.23. The molecule has 4 atom stereocenters. The van der Waals surface area contributed by atoms with Gasteiger partial charge in [-0.1, -0.05) is 13.8 Å². The molecule has 0 fully saturated rings. The molecule has 14 nitrogen and oxygen atoms in total. The number of imidazole rings is 1. The fraction of sp³-hybridized carbons (Fsp3) is 0.579. The summed E-state index contributed by atoms with van der Waals surface area (Å²) in [6.45, 7) is 2.88. The first-order chi connectivity index (χ1) is 15.4. The molecule has 0 saturated carbocycles. The van der Waals surface area contributed by atoms with Crippen molar-refractivity contribution >= 4 is 29.6 Å². The van der Waals surface area contributed by atoms with Crippen molar-refractivity contribution in [2.24, 2.45) is 17.4 Å². The molecule has 0 aromatic carbocycles. The van der Waals surface area contributed by atoms with Gasteiger partial charge in [-0.25, -0.2) is 9.78 Å². The molecular weight excluding hydrogens is 438 g/mol. The lowest BCUT2D eigenvalue weighted by molar-refractivity contribution is -0.142. The summed E-state index contributed by atoms with van der Waals surface area (Å²) in [5.41, 5.74) is 11.0. The van der Waals surface area contributed by atoms with Crippen LogP contribution >= 0.6 is 0 Å². The van der Waals surface area contributed by atoms with Crippen molar-refractivity contribution in [2.75, 3.05) is 6.61 Å². The largest absolute Gasteiger partial charge is 0.480 e. The SMILES string of the molecule is CC(C)CC(NC(=O)C(CC(N)=O)NC(=O)C(N)CO)C(=O)NC(Cc1cnc[nH]1)C(=O)O. The summed E-state index contributed by atoms with van der Waals surface area (Å²) in [7, 11) is 0. The zero-order chi connectivity index (χ0) is 25.1. The summed E-state index contributed by atoms with van der Waals surface area (Å²) in [5, 5.41) is 25.5. The number of aromatic amines is 1. The Morgan fingerprint density at radius 3 is 2.09 bits per heavy atom. The molecule has 33 heavy (non-hydrogen) atoms. The zero-order valence-corrected chi connectivity index (χ0v) is 18.4. The summed E-state index contributed by atoms with van der Waals surface area (Å²) in [6, 6.07) is -5.25. The van der Waals surface area contributed by atoms with Crippen LogP contribution in [0.4, 0.5) is 0 Å². The predicted molar refractivity (Wildman–Crippen MR) is 114 cm³/mol. The number of amides is 4. The van der Waals surface area contributed by atoms with E-state index in [1.165, 1.54) is 12.5 Å². The number of primary amides is 1. The first-order valence-corrected chi connectivity index (χ1v) is 10.2. The van der Waals surface area contributed by atoms with Crippen LogP contribution in [0.1, 0.15) is 32.4 Å². The number of carbonyl (C=O) groups is 5. The number of nitrogens with two attached hydrogens (primary N) is 2. The number of carboxylic acid groups (broad SMARTS) is 1. The molecular formula is C19H31N7O7. The first-order valence-electron chi connectivity index (χ1n) is 10.2. The summed E-state index contributed by atoms with van der Waals surface area (Å²) >= 11 is 0. The number of hydrogen-bond donors (Lipinski definition) is 8. The highest BCUT2D eigenvalue weighted by atomic mass is 16.4. The minimum absolute atomic E-state index is 0.0666. The number of rotatable bonds is 14. The molecule has 184 valence electrons. The van der Waals surface area contributed by atoms with E-state index in [4.69, 9.17) is 16.6 Å². The molecule has 1 heterocycles. The minimum atomic E-state index is -1.45. The minimum Gasteiger partial charge on any atom is -0.480 e. The number of aliphatic hydroxyl groups excluding tert-OH is 1. The van der Waals surface area contributed by atoms with Crippen molar-refractivity contribution in [3.63, 3.8) is 0 Å².